The minimum absolute atomic E-state index is 0.000828. The predicted octanol–water partition coefficient (Wildman–Crippen LogP) is 4.11. The molecule has 0 aliphatic heterocycles. The van der Waals surface area contributed by atoms with Gasteiger partial charge in [-0.1, -0.05) is 36.8 Å². The summed E-state index contributed by atoms with van der Waals surface area (Å²) >= 11 is 0. The molecule has 0 aromatic heterocycles. The van der Waals surface area contributed by atoms with Crippen molar-refractivity contribution in [3.05, 3.63) is 60.2 Å². The lowest BCUT2D eigenvalue weighted by atomic mass is 10.2. The molecule has 0 fully saturated rings. The predicted molar refractivity (Wildman–Crippen MR) is 91.3 cm³/mol. The van der Waals surface area contributed by atoms with Gasteiger partial charge in [0.15, 0.2) is 0 Å². The Kier molecular flexibility index (Phi) is 7.14. The summed E-state index contributed by atoms with van der Waals surface area (Å²) in [6.07, 6.45) is 3.27. The molecule has 0 aliphatic rings. The van der Waals surface area contributed by atoms with Gasteiger partial charge in [-0.05, 0) is 42.7 Å². The standard InChI is InChI=1S/C19H23NO3/c21-18-12-10-17(11-13-18)20-19(22)9-5-2-6-14-23-15-16-7-3-1-4-8-16/h1,3-4,7-8,10-13,21H,2,5-6,9,14-15H2,(H,20,22). The number of unbranched alkanes of at least 4 members (excludes halogenated alkanes) is 2. The number of rotatable bonds is 9. The lowest BCUT2D eigenvalue weighted by Crippen LogP contribution is -2.10. The lowest BCUT2D eigenvalue weighted by molar-refractivity contribution is -0.116. The molecule has 2 N–H and O–H groups in total. The molecular formula is C19H23NO3. The Labute approximate surface area is 137 Å². The van der Waals surface area contributed by atoms with Crippen molar-refractivity contribution in [2.24, 2.45) is 0 Å². The van der Waals surface area contributed by atoms with E-state index in [4.69, 9.17) is 4.74 Å². The van der Waals surface area contributed by atoms with Crippen molar-refractivity contribution < 1.29 is 14.6 Å². The number of aromatic hydroxyl groups is 1. The molecule has 0 saturated carbocycles. The van der Waals surface area contributed by atoms with Crippen LogP contribution in [0.1, 0.15) is 31.2 Å². The lowest BCUT2D eigenvalue weighted by Gasteiger charge is -2.06. The van der Waals surface area contributed by atoms with Gasteiger partial charge in [0, 0.05) is 18.7 Å². The maximum atomic E-state index is 11.8. The molecule has 2 rings (SSSR count). The van der Waals surface area contributed by atoms with Gasteiger partial charge < -0.3 is 15.2 Å². The van der Waals surface area contributed by atoms with Gasteiger partial charge in [-0.15, -0.1) is 0 Å². The number of nitrogens with one attached hydrogen (secondary N) is 1. The molecular weight excluding hydrogens is 290 g/mol. The summed E-state index contributed by atoms with van der Waals surface area (Å²) in [5.74, 6) is 0.194. The van der Waals surface area contributed by atoms with Crippen LogP contribution in [0.4, 0.5) is 5.69 Å². The largest absolute Gasteiger partial charge is 0.508 e. The average molecular weight is 313 g/mol. The number of carbonyl (C=O) groups is 1. The van der Waals surface area contributed by atoms with Crippen LogP contribution < -0.4 is 5.32 Å². The highest BCUT2D eigenvalue weighted by atomic mass is 16.5. The summed E-state index contributed by atoms with van der Waals surface area (Å²) in [7, 11) is 0. The number of hydrogen-bond donors (Lipinski definition) is 2. The fourth-order valence-corrected chi connectivity index (χ4v) is 2.20. The van der Waals surface area contributed by atoms with Gasteiger partial charge in [-0.3, -0.25) is 4.79 Å². The maximum Gasteiger partial charge on any atom is 0.224 e. The first-order chi connectivity index (χ1) is 11.2. The summed E-state index contributed by atoms with van der Waals surface area (Å²) < 4.78 is 5.61. The van der Waals surface area contributed by atoms with E-state index in [1.165, 1.54) is 5.56 Å². The van der Waals surface area contributed by atoms with Crippen molar-refractivity contribution in [1.82, 2.24) is 0 Å². The van der Waals surface area contributed by atoms with E-state index in [0.29, 0.717) is 25.3 Å². The summed E-state index contributed by atoms with van der Waals surface area (Å²) in [5, 5.41) is 12.0. The smallest absolute Gasteiger partial charge is 0.224 e. The monoisotopic (exact) mass is 313 g/mol. The molecule has 0 bridgehead atoms. The van der Waals surface area contributed by atoms with E-state index in [-0.39, 0.29) is 11.7 Å². The third-order valence-corrected chi connectivity index (χ3v) is 3.46. The van der Waals surface area contributed by atoms with Crippen molar-refractivity contribution in [3.63, 3.8) is 0 Å². The SMILES string of the molecule is O=C(CCCCCOCc1ccccc1)Nc1ccc(O)cc1. The van der Waals surface area contributed by atoms with Gasteiger partial charge in [0.1, 0.15) is 5.75 Å². The Morgan fingerprint density at radius 2 is 1.70 bits per heavy atom. The number of phenolic OH excluding ortho intramolecular Hbond substituents is 1. The molecule has 0 aliphatic carbocycles. The Hall–Kier alpha value is -2.33. The Morgan fingerprint density at radius 3 is 2.43 bits per heavy atom. The zero-order chi connectivity index (χ0) is 16.3. The average Bonchev–Trinajstić information content (AvgIpc) is 2.57. The van der Waals surface area contributed by atoms with Gasteiger partial charge in [0.2, 0.25) is 5.91 Å². The fourth-order valence-electron chi connectivity index (χ4n) is 2.20. The molecule has 0 spiro atoms. The molecule has 0 radical (unpaired) electrons. The number of hydrogen-bond acceptors (Lipinski definition) is 3. The molecule has 2 aromatic carbocycles. The molecule has 4 heteroatoms. The van der Waals surface area contributed by atoms with E-state index in [1.807, 2.05) is 30.3 Å². The molecule has 1 amide bonds. The molecule has 4 nitrogen and oxygen atoms in total. The summed E-state index contributed by atoms with van der Waals surface area (Å²) in [4.78, 5) is 11.8. The summed E-state index contributed by atoms with van der Waals surface area (Å²) in [5.41, 5.74) is 1.89. The van der Waals surface area contributed by atoms with Gasteiger partial charge in [0.05, 0.1) is 6.61 Å². The first-order valence-corrected chi connectivity index (χ1v) is 7.94. The zero-order valence-corrected chi connectivity index (χ0v) is 13.2. The van der Waals surface area contributed by atoms with Crippen LogP contribution in [0.25, 0.3) is 0 Å². The number of amides is 1. The van der Waals surface area contributed by atoms with Crippen molar-refractivity contribution in [3.8, 4) is 5.75 Å². The second kappa shape index (κ2) is 9.64. The molecule has 0 unspecified atom stereocenters. The van der Waals surface area contributed by atoms with Gasteiger partial charge >= 0.3 is 0 Å². The molecule has 0 heterocycles. The second-order valence-electron chi connectivity index (χ2n) is 5.44. The first-order valence-electron chi connectivity index (χ1n) is 7.94. The minimum atomic E-state index is 0.000828. The Balaban J connectivity index is 1.50. The summed E-state index contributed by atoms with van der Waals surface area (Å²) in [6, 6.07) is 16.6. The highest BCUT2D eigenvalue weighted by Gasteiger charge is 2.02. The van der Waals surface area contributed by atoms with Crippen LogP contribution in [-0.2, 0) is 16.1 Å². The second-order valence-corrected chi connectivity index (χ2v) is 5.44. The van der Waals surface area contributed by atoms with Crippen LogP contribution in [0.5, 0.6) is 5.75 Å². The van der Waals surface area contributed by atoms with Crippen LogP contribution in [-0.4, -0.2) is 17.6 Å². The number of anilines is 1. The van der Waals surface area contributed by atoms with Gasteiger partial charge in [-0.2, -0.15) is 0 Å². The van der Waals surface area contributed by atoms with E-state index in [1.54, 1.807) is 24.3 Å². The van der Waals surface area contributed by atoms with Crippen molar-refractivity contribution in [2.75, 3.05) is 11.9 Å². The number of benzene rings is 2. The van der Waals surface area contributed by atoms with Gasteiger partial charge in [0.25, 0.3) is 0 Å². The first kappa shape index (κ1) is 17.0. The van der Waals surface area contributed by atoms with Crippen molar-refractivity contribution in [1.29, 1.82) is 0 Å². The van der Waals surface area contributed by atoms with Crippen LogP contribution >= 0.6 is 0 Å². The minimum Gasteiger partial charge on any atom is -0.508 e. The topological polar surface area (TPSA) is 58.6 Å². The molecule has 0 atom stereocenters. The fraction of sp³-hybridized carbons (Fsp3) is 0.316. The molecule has 122 valence electrons. The molecule has 0 saturated heterocycles. The van der Waals surface area contributed by atoms with Crippen LogP contribution in [0.2, 0.25) is 0 Å². The third-order valence-electron chi connectivity index (χ3n) is 3.46. The highest BCUT2D eigenvalue weighted by molar-refractivity contribution is 5.90. The molecule has 2 aromatic rings. The number of ether oxygens (including phenoxy) is 1. The number of carbonyl (C=O) groups excluding carboxylic acids is 1. The molecule has 23 heavy (non-hydrogen) atoms. The maximum absolute atomic E-state index is 11.8. The normalized spacial score (nSPS) is 10.4. The van der Waals surface area contributed by atoms with E-state index in [2.05, 4.69) is 5.32 Å². The highest BCUT2D eigenvalue weighted by Crippen LogP contribution is 2.14. The Morgan fingerprint density at radius 1 is 0.957 bits per heavy atom. The summed E-state index contributed by atoms with van der Waals surface area (Å²) in [6.45, 7) is 1.36. The zero-order valence-electron chi connectivity index (χ0n) is 13.2. The van der Waals surface area contributed by atoms with E-state index >= 15 is 0 Å². The van der Waals surface area contributed by atoms with E-state index in [0.717, 1.165) is 19.3 Å². The third kappa shape index (κ3) is 6.98. The van der Waals surface area contributed by atoms with Crippen LogP contribution in [0.15, 0.2) is 54.6 Å². The number of phenols is 1. The van der Waals surface area contributed by atoms with E-state index < -0.39 is 0 Å². The quantitative estimate of drug-likeness (QED) is 0.541. The van der Waals surface area contributed by atoms with E-state index in [9.17, 15) is 9.90 Å². The van der Waals surface area contributed by atoms with Gasteiger partial charge in [-0.25, -0.2) is 0 Å². The Bertz CT molecular complexity index is 581. The van der Waals surface area contributed by atoms with Crippen LogP contribution in [0, 0.1) is 0 Å². The van der Waals surface area contributed by atoms with Crippen molar-refractivity contribution in [2.45, 2.75) is 32.3 Å². The van der Waals surface area contributed by atoms with Crippen LogP contribution in [0.3, 0.4) is 0 Å². The van der Waals surface area contributed by atoms with Crippen molar-refractivity contribution >= 4 is 11.6 Å².